The van der Waals surface area contributed by atoms with E-state index < -0.39 is 5.97 Å². The molecule has 0 aromatic carbocycles. The summed E-state index contributed by atoms with van der Waals surface area (Å²) in [5.41, 5.74) is 0. The van der Waals surface area contributed by atoms with Gasteiger partial charge in [0.1, 0.15) is 0 Å². The molecule has 0 atom stereocenters. The van der Waals surface area contributed by atoms with E-state index in [4.69, 9.17) is 5.11 Å². The molecule has 0 bridgehead atoms. The highest BCUT2D eigenvalue weighted by molar-refractivity contribution is 14.1. The summed E-state index contributed by atoms with van der Waals surface area (Å²) in [6.07, 6.45) is -0.0148. The molecule has 0 heterocycles. The van der Waals surface area contributed by atoms with E-state index in [0.717, 1.165) is 4.43 Å². The van der Waals surface area contributed by atoms with Crippen molar-refractivity contribution in [2.45, 2.75) is 12.8 Å². The maximum atomic E-state index is 10.7. The Labute approximate surface area is 78.5 Å². The second-order valence-corrected chi connectivity index (χ2v) is 3.01. The zero-order chi connectivity index (χ0) is 8.69. The summed E-state index contributed by atoms with van der Waals surface area (Å²) in [6.45, 7) is 0.610. The molecule has 0 radical (unpaired) electrons. The number of nitrogens with one attached hydrogen (secondary N) is 1. The van der Waals surface area contributed by atoms with Gasteiger partial charge in [0, 0.05) is 17.4 Å². The Morgan fingerprint density at radius 1 is 1.36 bits per heavy atom. The molecule has 11 heavy (non-hydrogen) atoms. The van der Waals surface area contributed by atoms with Gasteiger partial charge in [-0.3, -0.25) is 9.59 Å². The number of hydrogen-bond acceptors (Lipinski definition) is 2. The van der Waals surface area contributed by atoms with Crippen LogP contribution in [0.1, 0.15) is 12.8 Å². The Morgan fingerprint density at radius 2 is 2.00 bits per heavy atom. The number of aliphatic carboxylic acids is 1. The largest absolute Gasteiger partial charge is 0.481 e. The zero-order valence-corrected chi connectivity index (χ0v) is 8.13. The van der Waals surface area contributed by atoms with E-state index in [2.05, 4.69) is 27.9 Å². The lowest BCUT2D eigenvalue weighted by Gasteiger charge is -1.99. The third-order valence-electron chi connectivity index (χ3n) is 0.983. The minimum absolute atomic E-state index is 0.0754. The SMILES string of the molecule is O=C(O)CCC(=O)NCCI. The molecule has 0 aromatic heterocycles. The molecule has 0 saturated carbocycles. The lowest BCUT2D eigenvalue weighted by Crippen LogP contribution is -2.25. The predicted molar refractivity (Wildman–Crippen MR) is 48.8 cm³/mol. The second-order valence-electron chi connectivity index (χ2n) is 1.93. The van der Waals surface area contributed by atoms with Crippen LogP contribution in [0.2, 0.25) is 0 Å². The number of carbonyl (C=O) groups is 2. The summed E-state index contributed by atoms with van der Waals surface area (Å²) in [6, 6.07) is 0. The van der Waals surface area contributed by atoms with E-state index in [1.807, 2.05) is 0 Å². The summed E-state index contributed by atoms with van der Waals surface area (Å²) < 4.78 is 0.844. The molecule has 0 aromatic rings. The highest BCUT2D eigenvalue weighted by Crippen LogP contribution is 1.88. The quantitative estimate of drug-likeness (QED) is 0.562. The Hall–Kier alpha value is -0.330. The number of rotatable bonds is 5. The van der Waals surface area contributed by atoms with Crippen molar-refractivity contribution in [2.75, 3.05) is 11.0 Å². The van der Waals surface area contributed by atoms with E-state index in [9.17, 15) is 9.59 Å². The molecule has 0 aliphatic heterocycles. The van der Waals surface area contributed by atoms with Crippen molar-refractivity contribution in [3.8, 4) is 0 Å². The van der Waals surface area contributed by atoms with Gasteiger partial charge >= 0.3 is 5.97 Å². The first kappa shape index (κ1) is 10.7. The van der Waals surface area contributed by atoms with Crippen LogP contribution in [0.15, 0.2) is 0 Å². The molecule has 1 amide bonds. The maximum absolute atomic E-state index is 10.7. The van der Waals surface area contributed by atoms with E-state index in [1.165, 1.54) is 0 Å². The molecule has 2 N–H and O–H groups in total. The molecule has 5 heteroatoms. The molecule has 0 spiro atoms. The lowest BCUT2D eigenvalue weighted by atomic mass is 10.3. The van der Waals surface area contributed by atoms with Crippen LogP contribution in [-0.2, 0) is 9.59 Å². The van der Waals surface area contributed by atoms with Gasteiger partial charge < -0.3 is 10.4 Å². The van der Waals surface area contributed by atoms with Crippen LogP contribution in [0, 0.1) is 0 Å². The van der Waals surface area contributed by atoms with Crippen molar-refractivity contribution in [1.29, 1.82) is 0 Å². The Kier molecular flexibility index (Phi) is 6.19. The van der Waals surface area contributed by atoms with Gasteiger partial charge in [-0.1, -0.05) is 22.6 Å². The van der Waals surface area contributed by atoms with E-state index in [-0.39, 0.29) is 18.7 Å². The Bertz CT molecular complexity index is 149. The van der Waals surface area contributed by atoms with Gasteiger partial charge in [0.15, 0.2) is 0 Å². The highest BCUT2D eigenvalue weighted by atomic mass is 127. The van der Waals surface area contributed by atoms with Gasteiger partial charge in [-0.05, 0) is 0 Å². The van der Waals surface area contributed by atoms with Gasteiger partial charge in [-0.2, -0.15) is 0 Å². The first-order chi connectivity index (χ1) is 5.16. The van der Waals surface area contributed by atoms with Crippen LogP contribution >= 0.6 is 22.6 Å². The van der Waals surface area contributed by atoms with Gasteiger partial charge in [0.25, 0.3) is 0 Å². The lowest BCUT2D eigenvalue weighted by molar-refractivity contribution is -0.138. The first-order valence-corrected chi connectivity index (χ1v) is 4.74. The van der Waals surface area contributed by atoms with Gasteiger partial charge in [0.2, 0.25) is 5.91 Å². The standard InChI is InChI=1S/C6H10INO3/c7-3-4-8-5(9)1-2-6(10)11/h1-4H2,(H,8,9)(H,10,11). The van der Waals surface area contributed by atoms with Crippen molar-refractivity contribution in [2.24, 2.45) is 0 Å². The molecule has 0 aliphatic carbocycles. The molecule has 0 saturated heterocycles. The monoisotopic (exact) mass is 271 g/mol. The normalized spacial score (nSPS) is 9.18. The Morgan fingerprint density at radius 3 is 2.45 bits per heavy atom. The molecule has 4 nitrogen and oxygen atoms in total. The van der Waals surface area contributed by atoms with Gasteiger partial charge in [-0.25, -0.2) is 0 Å². The van der Waals surface area contributed by atoms with Gasteiger partial charge in [0.05, 0.1) is 6.42 Å². The average Bonchev–Trinajstić information content (AvgIpc) is 1.97. The maximum Gasteiger partial charge on any atom is 0.303 e. The smallest absolute Gasteiger partial charge is 0.303 e. The molecular formula is C6H10INO3. The molecule has 0 unspecified atom stereocenters. The number of alkyl halides is 1. The molecule has 0 rings (SSSR count). The first-order valence-electron chi connectivity index (χ1n) is 3.21. The average molecular weight is 271 g/mol. The van der Waals surface area contributed by atoms with Crippen LogP contribution in [0.4, 0.5) is 0 Å². The summed E-state index contributed by atoms with van der Waals surface area (Å²) >= 11 is 2.13. The third kappa shape index (κ3) is 7.57. The van der Waals surface area contributed by atoms with Crippen molar-refractivity contribution in [3.63, 3.8) is 0 Å². The van der Waals surface area contributed by atoms with E-state index >= 15 is 0 Å². The number of carboxylic acids is 1. The molecule has 64 valence electrons. The Balaban J connectivity index is 3.30. The number of carbonyl (C=O) groups excluding carboxylic acids is 1. The number of hydrogen-bond donors (Lipinski definition) is 2. The van der Waals surface area contributed by atoms with Crippen LogP contribution in [0.5, 0.6) is 0 Å². The van der Waals surface area contributed by atoms with Crippen LogP contribution in [-0.4, -0.2) is 28.0 Å². The zero-order valence-electron chi connectivity index (χ0n) is 5.97. The van der Waals surface area contributed by atoms with Crippen LogP contribution in [0.3, 0.4) is 0 Å². The topological polar surface area (TPSA) is 66.4 Å². The fraction of sp³-hybridized carbons (Fsp3) is 0.667. The van der Waals surface area contributed by atoms with E-state index in [1.54, 1.807) is 0 Å². The highest BCUT2D eigenvalue weighted by Gasteiger charge is 2.03. The molecular weight excluding hydrogens is 261 g/mol. The minimum Gasteiger partial charge on any atom is -0.481 e. The van der Waals surface area contributed by atoms with Crippen LogP contribution in [0.25, 0.3) is 0 Å². The number of halogens is 1. The van der Waals surface area contributed by atoms with Crippen molar-refractivity contribution in [1.82, 2.24) is 5.32 Å². The summed E-state index contributed by atoms with van der Waals surface area (Å²) in [5, 5.41) is 10.8. The summed E-state index contributed by atoms with van der Waals surface area (Å²) in [5.74, 6) is -1.13. The van der Waals surface area contributed by atoms with Crippen molar-refractivity contribution in [3.05, 3.63) is 0 Å². The fourth-order valence-corrected chi connectivity index (χ4v) is 0.765. The second kappa shape index (κ2) is 6.38. The summed E-state index contributed by atoms with van der Waals surface area (Å²) in [4.78, 5) is 20.7. The van der Waals surface area contributed by atoms with Crippen molar-refractivity contribution >= 4 is 34.5 Å². The summed E-state index contributed by atoms with van der Waals surface area (Å²) in [7, 11) is 0. The number of amides is 1. The third-order valence-corrected chi connectivity index (χ3v) is 1.52. The molecule has 0 fully saturated rings. The number of carboxylic acid groups (broad SMARTS) is 1. The van der Waals surface area contributed by atoms with Crippen LogP contribution < -0.4 is 5.32 Å². The van der Waals surface area contributed by atoms with Crippen molar-refractivity contribution < 1.29 is 14.7 Å². The predicted octanol–water partition coefficient (Wildman–Crippen LogP) is 0.402. The minimum atomic E-state index is -0.936. The molecule has 0 aliphatic rings. The van der Waals surface area contributed by atoms with E-state index in [0.29, 0.717) is 6.54 Å². The van der Waals surface area contributed by atoms with Gasteiger partial charge in [-0.15, -0.1) is 0 Å². The fourth-order valence-electron chi connectivity index (χ4n) is 0.496.